The van der Waals surface area contributed by atoms with E-state index in [4.69, 9.17) is 10.8 Å². The van der Waals surface area contributed by atoms with Gasteiger partial charge in [-0.25, -0.2) is 9.78 Å². The Hall–Kier alpha value is -2.45. The van der Waals surface area contributed by atoms with Gasteiger partial charge >= 0.3 is 5.97 Å². The lowest BCUT2D eigenvalue weighted by atomic mass is 10.1. The molecule has 0 bridgehead atoms. The third kappa shape index (κ3) is 3.85. The number of H-pyrrole nitrogens is 1. The van der Waals surface area contributed by atoms with Crippen molar-refractivity contribution in [2.45, 2.75) is 25.8 Å². The SMILES string of the molecule is Cc1nc(C(=O)NC(CCC(N)=O)C(=O)O)n[nH]1. The molecule has 98 valence electrons. The molecule has 0 spiro atoms. The number of hydrogen-bond donors (Lipinski definition) is 4. The molecule has 0 fully saturated rings. The van der Waals surface area contributed by atoms with Gasteiger partial charge in [-0.3, -0.25) is 14.7 Å². The number of aromatic nitrogens is 3. The van der Waals surface area contributed by atoms with Gasteiger partial charge in [-0.2, -0.15) is 0 Å². The second-order valence-electron chi connectivity index (χ2n) is 3.61. The Morgan fingerprint density at radius 2 is 2.17 bits per heavy atom. The van der Waals surface area contributed by atoms with Crippen LogP contribution in [0.25, 0.3) is 0 Å². The molecule has 1 aromatic heterocycles. The van der Waals surface area contributed by atoms with Gasteiger partial charge in [0.05, 0.1) is 0 Å². The van der Waals surface area contributed by atoms with Crippen molar-refractivity contribution < 1.29 is 19.5 Å². The lowest BCUT2D eigenvalue weighted by Crippen LogP contribution is -2.41. The minimum atomic E-state index is -1.25. The Morgan fingerprint density at radius 3 is 2.61 bits per heavy atom. The van der Waals surface area contributed by atoms with Gasteiger partial charge in [-0.05, 0) is 13.3 Å². The Balaban J connectivity index is 2.63. The first-order chi connectivity index (χ1) is 8.40. The van der Waals surface area contributed by atoms with Gasteiger partial charge in [0.25, 0.3) is 5.91 Å². The number of nitrogens with one attached hydrogen (secondary N) is 2. The number of amides is 2. The minimum absolute atomic E-state index is 0.0835. The van der Waals surface area contributed by atoms with Crippen molar-refractivity contribution in [2.75, 3.05) is 0 Å². The predicted octanol–water partition coefficient (Wildman–Crippen LogP) is -1.44. The smallest absolute Gasteiger partial charge is 0.326 e. The fourth-order valence-corrected chi connectivity index (χ4v) is 1.21. The maximum atomic E-state index is 11.6. The van der Waals surface area contributed by atoms with Crippen LogP contribution >= 0.6 is 0 Å². The first-order valence-corrected chi connectivity index (χ1v) is 5.11. The van der Waals surface area contributed by atoms with Crippen molar-refractivity contribution in [1.29, 1.82) is 0 Å². The zero-order valence-electron chi connectivity index (χ0n) is 9.64. The van der Waals surface area contributed by atoms with Crippen molar-refractivity contribution in [2.24, 2.45) is 5.73 Å². The molecule has 1 atom stereocenters. The largest absolute Gasteiger partial charge is 0.480 e. The molecule has 1 aromatic rings. The summed E-state index contributed by atoms with van der Waals surface area (Å²) in [5.74, 6) is -2.33. The first-order valence-electron chi connectivity index (χ1n) is 5.11. The summed E-state index contributed by atoms with van der Waals surface area (Å²) in [6, 6.07) is -1.20. The number of carboxylic acid groups (broad SMARTS) is 1. The number of primary amides is 1. The number of nitrogens with zero attached hydrogens (tertiary/aromatic N) is 2. The number of rotatable bonds is 6. The van der Waals surface area contributed by atoms with E-state index >= 15 is 0 Å². The van der Waals surface area contributed by atoms with E-state index in [1.807, 2.05) is 0 Å². The van der Waals surface area contributed by atoms with Crippen molar-refractivity contribution in [3.05, 3.63) is 11.6 Å². The van der Waals surface area contributed by atoms with Gasteiger partial charge in [0.15, 0.2) is 0 Å². The quantitative estimate of drug-likeness (QED) is 0.488. The van der Waals surface area contributed by atoms with Crippen LogP contribution in [0.1, 0.15) is 29.3 Å². The summed E-state index contributed by atoms with van der Waals surface area (Å²) in [7, 11) is 0. The zero-order valence-corrected chi connectivity index (χ0v) is 9.64. The Bertz CT molecular complexity index is 469. The molecule has 1 rings (SSSR count). The topological polar surface area (TPSA) is 151 Å². The molecule has 18 heavy (non-hydrogen) atoms. The lowest BCUT2D eigenvalue weighted by molar-refractivity contribution is -0.139. The highest BCUT2D eigenvalue weighted by Gasteiger charge is 2.22. The summed E-state index contributed by atoms with van der Waals surface area (Å²) < 4.78 is 0. The van der Waals surface area contributed by atoms with Crippen LogP contribution in [0.15, 0.2) is 0 Å². The third-order valence-electron chi connectivity index (χ3n) is 2.08. The highest BCUT2D eigenvalue weighted by atomic mass is 16.4. The molecule has 0 aliphatic carbocycles. The van der Waals surface area contributed by atoms with E-state index in [0.29, 0.717) is 5.82 Å². The van der Waals surface area contributed by atoms with Gasteiger partial charge < -0.3 is 16.2 Å². The highest BCUT2D eigenvalue weighted by molar-refractivity contribution is 5.93. The molecule has 0 aromatic carbocycles. The Morgan fingerprint density at radius 1 is 1.50 bits per heavy atom. The Kier molecular flexibility index (Phi) is 4.35. The molecule has 1 heterocycles. The number of aryl methyl sites for hydroxylation is 1. The van der Waals surface area contributed by atoms with Crippen molar-refractivity contribution >= 4 is 17.8 Å². The average molecular weight is 255 g/mol. The summed E-state index contributed by atoms with van der Waals surface area (Å²) in [4.78, 5) is 36.8. The molecule has 9 heteroatoms. The molecular weight excluding hydrogens is 242 g/mol. The van der Waals surface area contributed by atoms with Gasteiger partial charge in [0.1, 0.15) is 11.9 Å². The van der Waals surface area contributed by atoms with Crippen LogP contribution < -0.4 is 11.1 Å². The van der Waals surface area contributed by atoms with E-state index in [1.165, 1.54) is 0 Å². The number of aliphatic carboxylic acids is 1. The molecule has 0 aliphatic rings. The lowest BCUT2D eigenvalue weighted by Gasteiger charge is -2.11. The summed E-state index contributed by atoms with van der Waals surface area (Å²) in [5.41, 5.74) is 4.91. The van der Waals surface area contributed by atoms with Crippen LogP contribution in [0.5, 0.6) is 0 Å². The second-order valence-corrected chi connectivity index (χ2v) is 3.61. The van der Waals surface area contributed by atoms with Crippen LogP contribution in [0.2, 0.25) is 0 Å². The van der Waals surface area contributed by atoms with E-state index < -0.39 is 23.8 Å². The summed E-state index contributed by atoms with van der Waals surface area (Å²) in [5, 5.41) is 17.1. The van der Waals surface area contributed by atoms with Gasteiger partial charge in [0.2, 0.25) is 11.7 Å². The summed E-state index contributed by atoms with van der Waals surface area (Å²) in [6.45, 7) is 1.60. The molecule has 0 saturated heterocycles. The first kappa shape index (κ1) is 13.6. The average Bonchev–Trinajstić information content (AvgIpc) is 2.70. The fraction of sp³-hybridized carbons (Fsp3) is 0.444. The van der Waals surface area contributed by atoms with E-state index in [0.717, 1.165) is 0 Å². The van der Waals surface area contributed by atoms with Crippen LogP contribution in [0.4, 0.5) is 0 Å². The van der Waals surface area contributed by atoms with Crippen LogP contribution in [0.3, 0.4) is 0 Å². The normalized spacial score (nSPS) is 11.8. The molecular formula is C9H13N5O4. The fourth-order valence-electron chi connectivity index (χ4n) is 1.21. The maximum absolute atomic E-state index is 11.6. The Labute approximate surface area is 102 Å². The number of aromatic amines is 1. The van der Waals surface area contributed by atoms with E-state index in [9.17, 15) is 14.4 Å². The molecule has 5 N–H and O–H groups in total. The van der Waals surface area contributed by atoms with Crippen LogP contribution in [-0.2, 0) is 9.59 Å². The molecule has 0 radical (unpaired) electrons. The molecule has 9 nitrogen and oxygen atoms in total. The molecule has 0 saturated carbocycles. The number of carbonyl (C=O) groups is 3. The van der Waals surface area contributed by atoms with Crippen LogP contribution in [0, 0.1) is 6.92 Å². The number of nitrogens with two attached hydrogens (primary N) is 1. The van der Waals surface area contributed by atoms with Gasteiger partial charge in [-0.1, -0.05) is 0 Å². The second kappa shape index (κ2) is 5.75. The number of carbonyl (C=O) groups excluding carboxylic acids is 2. The van der Waals surface area contributed by atoms with Crippen molar-refractivity contribution in [3.63, 3.8) is 0 Å². The number of hydrogen-bond acceptors (Lipinski definition) is 5. The zero-order chi connectivity index (χ0) is 13.7. The van der Waals surface area contributed by atoms with Crippen molar-refractivity contribution in [1.82, 2.24) is 20.5 Å². The molecule has 1 unspecified atom stereocenters. The summed E-state index contributed by atoms with van der Waals surface area (Å²) >= 11 is 0. The minimum Gasteiger partial charge on any atom is -0.480 e. The van der Waals surface area contributed by atoms with Crippen LogP contribution in [-0.4, -0.2) is 44.1 Å². The predicted molar refractivity (Wildman–Crippen MR) is 58.4 cm³/mol. The monoisotopic (exact) mass is 255 g/mol. The molecule has 0 aliphatic heterocycles. The van der Waals surface area contributed by atoms with Gasteiger partial charge in [0, 0.05) is 6.42 Å². The van der Waals surface area contributed by atoms with E-state index in [1.54, 1.807) is 6.92 Å². The van der Waals surface area contributed by atoms with E-state index in [2.05, 4.69) is 20.5 Å². The van der Waals surface area contributed by atoms with Crippen molar-refractivity contribution in [3.8, 4) is 0 Å². The number of carboxylic acids is 1. The maximum Gasteiger partial charge on any atom is 0.326 e. The standard InChI is InChI=1S/C9H13N5O4/c1-4-11-7(14-13-4)8(16)12-5(9(17)18)2-3-6(10)15/h5H,2-3H2,1H3,(H2,10,15)(H,12,16)(H,17,18)(H,11,13,14). The van der Waals surface area contributed by atoms with E-state index in [-0.39, 0.29) is 18.7 Å². The summed E-state index contributed by atoms with van der Waals surface area (Å²) in [6.07, 6.45) is -0.218. The highest BCUT2D eigenvalue weighted by Crippen LogP contribution is 1.99. The third-order valence-corrected chi connectivity index (χ3v) is 2.08. The van der Waals surface area contributed by atoms with Gasteiger partial charge in [-0.15, -0.1) is 5.10 Å². The molecule has 2 amide bonds.